The Morgan fingerprint density at radius 3 is 2.77 bits per heavy atom. The Morgan fingerprint density at radius 2 is 2.05 bits per heavy atom. The highest BCUT2D eigenvalue weighted by molar-refractivity contribution is 5.92. The summed E-state index contributed by atoms with van der Waals surface area (Å²) in [5.41, 5.74) is 3.04. The van der Waals surface area contributed by atoms with Crippen LogP contribution >= 0.6 is 0 Å². The van der Waals surface area contributed by atoms with Crippen molar-refractivity contribution in [3.63, 3.8) is 0 Å². The molecule has 0 spiro atoms. The van der Waals surface area contributed by atoms with Crippen LogP contribution in [0, 0.1) is 0 Å². The van der Waals surface area contributed by atoms with E-state index in [2.05, 4.69) is 51.3 Å². The zero-order valence-electron chi connectivity index (χ0n) is 12.3. The molecule has 22 heavy (non-hydrogen) atoms. The Labute approximate surface area is 129 Å². The van der Waals surface area contributed by atoms with E-state index in [0.717, 1.165) is 25.3 Å². The minimum absolute atomic E-state index is 0.233. The van der Waals surface area contributed by atoms with Gasteiger partial charge in [-0.1, -0.05) is 30.3 Å². The predicted molar refractivity (Wildman–Crippen MR) is 85.8 cm³/mol. The van der Waals surface area contributed by atoms with Gasteiger partial charge in [-0.25, -0.2) is 0 Å². The highest BCUT2D eigenvalue weighted by Crippen LogP contribution is 2.22. The molecule has 1 aliphatic rings. The Balaban J connectivity index is 1.71. The Kier molecular flexibility index (Phi) is 4.14. The van der Waals surface area contributed by atoms with Crippen molar-refractivity contribution in [3.05, 3.63) is 65.9 Å². The van der Waals surface area contributed by atoms with E-state index in [9.17, 15) is 4.79 Å². The molecule has 112 valence electrons. The maximum absolute atomic E-state index is 11.8. The zero-order valence-corrected chi connectivity index (χ0v) is 12.3. The summed E-state index contributed by atoms with van der Waals surface area (Å²) in [4.78, 5) is 14.0. The number of benzene rings is 1. The first-order chi connectivity index (χ1) is 10.8. The van der Waals surface area contributed by atoms with Gasteiger partial charge in [0.2, 0.25) is 0 Å². The number of nitrogens with one attached hydrogen (secondary N) is 1. The number of anilines is 1. The van der Waals surface area contributed by atoms with Crippen LogP contribution in [0.25, 0.3) is 0 Å². The summed E-state index contributed by atoms with van der Waals surface area (Å²) in [6.45, 7) is 5.72. The van der Waals surface area contributed by atoms with E-state index in [4.69, 9.17) is 0 Å². The lowest BCUT2D eigenvalue weighted by molar-refractivity contribution is 0.0952. The van der Waals surface area contributed by atoms with E-state index >= 15 is 0 Å². The first-order valence-corrected chi connectivity index (χ1v) is 7.32. The normalized spacial score (nSPS) is 13.4. The molecule has 2 aromatic rings. The molecule has 5 nitrogen and oxygen atoms in total. The summed E-state index contributed by atoms with van der Waals surface area (Å²) < 4.78 is 0. The van der Waals surface area contributed by atoms with Gasteiger partial charge >= 0.3 is 0 Å². The molecule has 0 saturated carbocycles. The molecular weight excluding hydrogens is 276 g/mol. The van der Waals surface area contributed by atoms with Gasteiger partial charge < -0.3 is 10.2 Å². The zero-order chi connectivity index (χ0) is 15.4. The molecule has 0 fully saturated rings. The number of amides is 1. The van der Waals surface area contributed by atoms with Gasteiger partial charge in [0.15, 0.2) is 11.5 Å². The lowest BCUT2D eigenvalue weighted by atomic mass is 10.00. The fourth-order valence-electron chi connectivity index (χ4n) is 2.56. The van der Waals surface area contributed by atoms with E-state index in [1.807, 2.05) is 6.07 Å². The van der Waals surface area contributed by atoms with Crippen LogP contribution in [0.1, 0.15) is 21.6 Å². The van der Waals surface area contributed by atoms with Crippen molar-refractivity contribution in [2.45, 2.75) is 13.0 Å². The summed E-state index contributed by atoms with van der Waals surface area (Å²) in [7, 11) is 0. The molecule has 1 N–H and O–H groups in total. The number of hydrogen-bond donors (Lipinski definition) is 1. The standard InChI is InChI=1S/C17H18N4O/c1-2-10-18-17(22)15-7-8-16(20-19-15)21-11-9-13-5-3-4-6-14(13)12-21/h2-8H,1,9-12H2,(H,18,22). The molecule has 2 heterocycles. The van der Waals surface area contributed by atoms with Crippen molar-refractivity contribution in [2.24, 2.45) is 0 Å². The largest absolute Gasteiger partial charge is 0.350 e. The second kappa shape index (κ2) is 6.39. The lowest BCUT2D eigenvalue weighted by Gasteiger charge is -2.29. The highest BCUT2D eigenvalue weighted by Gasteiger charge is 2.17. The molecule has 1 aromatic carbocycles. The third kappa shape index (κ3) is 2.98. The molecule has 0 radical (unpaired) electrons. The number of nitrogens with zero attached hydrogens (tertiary/aromatic N) is 3. The average Bonchev–Trinajstić information content (AvgIpc) is 2.59. The maximum atomic E-state index is 11.8. The number of hydrogen-bond acceptors (Lipinski definition) is 4. The van der Waals surface area contributed by atoms with Gasteiger partial charge in [0.25, 0.3) is 5.91 Å². The number of rotatable bonds is 4. The first-order valence-electron chi connectivity index (χ1n) is 7.32. The van der Waals surface area contributed by atoms with Crippen LogP contribution in [0.3, 0.4) is 0 Å². The van der Waals surface area contributed by atoms with Crippen molar-refractivity contribution in [3.8, 4) is 0 Å². The molecule has 0 atom stereocenters. The Morgan fingerprint density at radius 1 is 1.23 bits per heavy atom. The van der Waals surface area contributed by atoms with E-state index < -0.39 is 0 Å². The molecule has 1 aromatic heterocycles. The number of carbonyl (C=O) groups excluding carboxylic acids is 1. The van der Waals surface area contributed by atoms with Crippen LogP contribution in [0.2, 0.25) is 0 Å². The van der Waals surface area contributed by atoms with Crippen LogP contribution in [0.4, 0.5) is 5.82 Å². The molecule has 0 saturated heterocycles. The summed E-state index contributed by atoms with van der Waals surface area (Å²) in [6, 6.07) is 12.0. The molecule has 5 heteroatoms. The quantitative estimate of drug-likeness (QED) is 0.876. The van der Waals surface area contributed by atoms with Gasteiger partial charge in [-0.15, -0.1) is 16.8 Å². The minimum Gasteiger partial charge on any atom is -0.350 e. The number of fused-ring (bicyclic) bond motifs is 1. The van der Waals surface area contributed by atoms with Crippen LogP contribution in [-0.2, 0) is 13.0 Å². The van der Waals surface area contributed by atoms with E-state index in [-0.39, 0.29) is 5.91 Å². The van der Waals surface area contributed by atoms with Crippen LogP contribution in [0.5, 0.6) is 0 Å². The predicted octanol–water partition coefficient (Wildman–Crippen LogP) is 1.96. The third-order valence-corrected chi connectivity index (χ3v) is 3.74. The first kappa shape index (κ1) is 14.3. The lowest BCUT2D eigenvalue weighted by Crippen LogP contribution is -2.31. The fraction of sp³-hybridized carbons (Fsp3) is 0.235. The molecule has 0 bridgehead atoms. The Bertz CT molecular complexity index is 681. The van der Waals surface area contributed by atoms with Gasteiger partial charge in [-0.05, 0) is 29.7 Å². The smallest absolute Gasteiger partial charge is 0.272 e. The van der Waals surface area contributed by atoms with Crippen molar-refractivity contribution >= 4 is 11.7 Å². The molecule has 0 unspecified atom stereocenters. The Hall–Kier alpha value is -2.69. The highest BCUT2D eigenvalue weighted by atomic mass is 16.1. The SMILES string of the molecule is C=CCNC(=O)c1ccc(N2CCc3ccccc3C2)nn1. The number of carbonyl (C=O) groups is 1. The summed E-state index contributed by atoms with van der Waals surface area (Å²) in [5, 5.41) is 10.9. The van der Waals surface area contributed by atoms with Crippen molar-refractivity contribution in [2.75, 3.05) is 18.0 Å². The maximum Gasteiger partial charge on any atom is 0.272 e. The second-order valence-corrected chi connectivity index (χ2v) is 5.22. The summed E-state index contributed by atoms with van der Waals surface area (Å²) in [5.74, 6) is 0.567. The van der Waals surface area contributed by atoms with Gasteiger partial charge in [-0.2, -0.15) is 0 Å². The molecular formula is C17H18N4O. The monoisotopic (exact) mass is 294 g/mol. The molecule has 3 rings (SSSR count). The van der Waals surface area contributed by atoms with Crippen LogP contribution < -0.4 is 10.2 Å². The van der Waals surface area contributed by atoms with Gasteiger partial charge in [0.05, 0.1) is 0 Å². The molecule has 1 aliphatic heterocycles. The topological polar surface area (TPSA) is 58.1 Å². The van der Waals surface area contributed by atoms with Gasteiger partial charge in [0.1, 0.15) is 0 Å². The molecule has 0 aliphatic carbocycles. The van der Waals surface area contributed by atoms with Crippen LogP contribution in [-0.4, -0.2) is 29.2 Å². The fourth-order valence-corrected chi connectivity index (χ4v) is 2.56. The van der Waals surface area contributed by atoms with Crippen molar-refractivity contribution in [1.29, 1.82) is 0 Å². The van der Waals surface area contributed by atoms with Gasteiger partial charge in [0, 0.05) is 19.6 Å². The summed E-state index contributed by atoms with van der Waals surface area (Å²) >= 11 is 0. The minimum atomic E-state index is -0.233. The van der Waals surface area contributed by atoms with Gasteiger partial charge in [-0.3, -0.25) is 4.79 Å². The molecule has 1 amide bonds. The van der Waals surface area contributed by atoms with Crippen molar-refractivity contribution in [1.82, 2.24) is 15.5 Å². The number of aromatic nitrogens is 2. The van der Waals surface area contributed by atoms with Crippen molar-refractivity contribution < 1.29 is 4.79 Å². The third-order valence-electron chi connectivity index (χ3n) is 3.74. The van der Waals surface area contributed by atoms with E-state index in [1.165, 1.54) is 11.1 Å². The van der Waals surface area contributed by atoms with Crippen LogP contribution in [0.15, 0.2) is 49.1 Å². The average molecular weight is 294 g/mol. The second-order valence-electron chi connectivity index (χ2n) is 5.22. The van der Waals surface area contributed by atoms with E-state index in [1.54, 1.807) is 12.1 Å². The van der Waals surface area contributed by atoms with E-state index in [0.29, 0.717) is 12.2 Å². The summed E-state index contributed by atoms with van der Waals surface area (Å²) in [6.07, 6.45) is 2.63.